The lowest BCUT2D eigenvalue weighted by Crippen LogP contribution is -2.50. The van der Waals surface area contributed by atoms with E-state index in [2.05, 4.69) is 0 Å². The molecule has 0 saturated heterocycles. The third-order valence-electron chi connectivity index (χ3n) is 4.66. The first-order chi connectivity index (χ1) is 12.3. The summed E-state index contributed by atoms with van der Waals surface area (Å²) in [5.41, 5.74) is -0.00872. The minimum Gasteiger partial charge on any atom is -0.458 e. The number of rotatable bonds is 7. The molecule has 140 valence electrons. The first kappa shape index (κ1) is 19.6. The summed E-state index contributed by atoms with van der Waals surface area (Å²) in [5.74, 6) is -0.943. The quantitative estimate of drug-likeness (QED) is 0.321. The standard InChI is InChI=1S/C19H23NO6/c1-14(21)25-12-19(20(23)24,13-26-15(2)22)18-10-8-17(9-11-18)16-6-4-3-5-7-16/h3-7,10,17H,8-9,11-13H2,1-2H3. The molecule has 0 fully saturated rings. The number of allylic oxidation sites excluding steroid dienone is 1. The number of ether oxygens (including phenoxy) is 2. The Morgan fingerprint density at radius 1 is 1.15 bits per heavy atom. The van der Waals surface area contributed by atoms with Crippen LogP contribution in [0.25, 0.3) is 0 Å². The molecule has 0 bridgehead atoms. The first-order valence-electron chi connectivity index (χ1n) is 8.51. The van der Waals surface area contributed by atoms with Crippen LogP contribution >= 0.6 is 0 Å². The van der Waals surface area contributed by atoms with E-state index in [1.165, 1.54) is 19.4 Å². The van der Waals surface area contributed by atoms with Gasteiger partial charge in [0.05, 0.1) is 0 Å². The van der Waals surface area contributed by atoms with Crippen molar-refractivity contribution in [1.82, 2.24) is 0 Å². The summed E-state index contributed by atoms with van der Waals surface area (Å²) >= 11 is 0. The molecule has 0 aliphatic heterocycles. The van der Waals surface area contributed by atoms with Gasteiger partial charge in [0.25, 0.3) is 0 Å². The monoisotopic (exact) mass is 361 g/mol. The van der Waals surface area contributed by atoms with Gasteiger partial charge >= 0.3 is 17.5 Å². The highest BCUT2D eigenvalue weighted by Crippen LogP contribution is 2.37. The second-order valence-electron chi connectivity index (χ2n) is 6.46. The lowest BCUT2D eigenvalue weighted by Gasteiger charge is -2.31. The van der Waals surface area contributed by atoms with Crippen LogP contribution < -0.4 is 0 Å². The molecule has 26 heavy (non-hydrogen) atoms. The molecule has 1 aliphatic rings. The molecule has 1 atom stereocenters. The van der Waals surface area contributed by atoms with Crippen molar-refractivity contribution in [1.29, 1.82) is 0 Å². The molecule has 0 saturated carbocycles. The molecular weight excluding hydrogens is 338 g/mol. The molecule has 0 aromatic heterocycles. The average Bonchev–Trinajstić information content (AvgIpc) is 2.62. The van der Waals surface area contributed by atoms with Crippen LogP contribution in [0.15, 0.2) is 42.0 Å². The zero-order valence-corrected chi connectivity index (χ0v) is 15.0. The maximum Gasteiger partial charge on any atom is 0.309 e. The fourth-order valence-corrected chi connectivity index (χ4v) is 3.18. The van der Waals surface area contributed by atoms with Crippen LogP contribution in [0.3, 0.4) is 0 Å². The molecule has 1 aromatic carbocycles. The fraction of sp³-hybridized carbons (Fsp3) is 0.474. The van der Waals surface area contributed by atoms with E-state index in [1.54, 1.807) is 0 Å². The van der Waals surface area contributed by atoms with Gasteiger partial charge in [0.15, 0.2) is 13.2 Å². The van der Waals surface area contributed by atoms with Gasteiger partial charge < -0.3 is 9.47 Å². The van der Waals surface area contributed by atoms with E-state index >= 15 is 0 Å². The average molecular weight is 361 g/mol. The lowest BCUT2D eigenvalue weighted by atomic mass is 9.78. The van der Waals surface area contributed by atoms with Gasteiger partial charge in [0.2, 0.25) is 0 Å². The maximum atomic E-state index is 11.9. The molecule has 2 rings (SSSR count). The van der Waals surface area contributed by atoms with E-state index in [4.69, 9.17) is 9.47 Å². The molecule has 0 spiro atoms. The molecule has 1 aromatic rings. The Balaban J connectivity index is 2.26. The lowest BCUT2D eigenvalue weighted by molar-refractivity contribution is -0.565. The van der Waals surface area contributed by atoms with Crippen LogP contribution in [0, 0.1) is 10.1 Å². The highest BCUT2D eigenvalue weighted by molar-refractivity contribution is 5.66. The maximum absolute atomic E-state index is 11.9. The molecule has 1 unspecified atom stereocenters. The van der Waals surface area contributed by atoms with E-state index in [1.807, 2.05) is 36.4 Å². The summed E-state index contributed by atoms with van der Waals surface area (Å²) in [5, 5.41) is 11.9. The molecule has 0 radical (unpaired) electrons. The Labute approximate surface area is 152 Å². The molecule has 1 aliphatic carbocycles. The predicted octanol–water partition coefficient (Wildman–Crippen LogP) is 3.02. The van der Waals surface area contributed by atoms with Gasteiger partial charge in [-0.3, -0.25) is 19.7 Å². The topological polar surface area (TPSA) is 95.7 Å². The minimum atomic E-state index is -1.74. The van der Waals surface area contributed by atoms with Gasteiger partial charge in [-0.2, -0.15) is 0 Å². The van der Waals surface area contributed by atoms with Crippen LogP contribution in [-0.2, 0) is 19.1 Å². The van der Waals surface area contributed by atoms with Crippen LogP contribution in [0.5, 0.6) is 0 Å². The van der Waals surface area contributed by atoms with Gasteiger partial charge in [-0.1, -0.05) is 36.4 Å². The van der Waals surface area contributed by atoms with E-state index in [-0.39, 0.29) is 5.92 Å². The number of nitro groups is 1. The van der Waals surface area contributed by atoms with Crippen molar-refractivity contribution in [3.63, 3.8) is 0 Å². The van der Waals surface area contributed by atoms with Gasteiger partial charge in [0, 0.05) is 24.3 Å². The van der Waals surface area contributed by atoms with Gasteiger partial charge in [-0.15, -0.1) is 0 Å². The Hall–Kier alpha value is -2.70. The third-order valence-corrected chi connectivity index (χ3v) is 4.66. The SMILES string of the molecule is CC(=O)OCC(COC(C)=O)(C1=CCC(c2ccccc2)CC1)[N+](=O)[O-]. The third kappa shape index (κ3) is 4.68. The Kier molecular flexibility index (Phi) is 6.49. The van der Waals surface area contributed by atoms with Crippen molar-refractivity contribution in [2.45, 2.75) is 44.6 Å². The second kappa shape index (κ2) is 8.60. The Morgan fingerprint density at radius 2 is 1.73 bits per heavy atom. The summed E-state index contributed by atoms with van der Waals surface area (Å²) in [6.07, 6.45) is 3.70. The van der Waals surface area contributed by atoms with E-state index in [0.717, 1.165) is 6.42 Å². The zero-order valence-electron chi connectivity index (χ0n) is 15.0. The zero-order chi connectivity index (χ0) is 19.2. The van der Waals surface area contributed by atoms with Crippen molar-refractivity contribution in [3.8, 4) is 0 Å². The molecule has 0 heterocycles. The molecule has 7 nitrogen and oxygen atoms in total. The van der Waals surface area contributed by atoms with Crippen molar-refractivity contribution in [2.75, 3.05) is 13.2 Å². The number of hydrogen-bond acceptors (Lipinski definition) is 6. The number of nitrogens with zero attached hydrogens (tertiary/aromatic N) is 1. The smallest absolute Gasteiger partial charge is 0.309 e. The predicted molar refractivity (Wildman–Crippen MR) is 94.1 cm³/mol. The molecular formula is C19H23NO6. The van der Waals surface area contributed by atoms with Crippen molar-refractivity contribution in [2.24, 2.45) is 0 Å². The van der Waals surface area contributed by atoms with Crippen molar-refractivity contribution >= 4 is 11.9 Å². The molecule has 7 heteroatoms. The van der Waals surface area contributed by atoms with Crippen molar-refractivity contribution in [3.05, 3.63) is 57.7 Å². The summed E-state index contributed by atoms with van der Waals surface area (Å²) in [6, 6.07) is 9.97. The highest BCUT2D eigenvalue weighted by Gasteiger charge is 2.50. The second-order valence-corrected chi connectivity index (χ2v) is 6.46. The van der Waals surface area contributed by atoms with Gasteiger partial charge in [0.1, 0.15) is 0 Å². The summed E-state index contributed by atoms with van der Waals surface area (Å²) in [7, 11) is 0. The van der Waals surface area contributed by atoms with Gasteiger partial charge in [-0.25, -0.2) is 0 Å². The summed E-state index contributed by atoms with van der Waals surface area (Å²) in [4.78, 5) is 33.8. The molecule has 0 N–H and O–H groups in total. The van der Waals surface area contributed by atoms with E-state index < -0.39 is 35.6 Å². The van der Waals surface area contributed by atoms with Crippen LogP contribution in [0.2, 0.25) is 0 Å². The normalized spacial score (nSPS) is 17.2. The Bertz CT molecular complexity index is 679. The highest BCUT2D eigenvalue weighted by atomic mass is 16.6. The number of esters is 2. The van der Waals surface area contributed by atoms with E-state index in [0.29, 0.717) is 18.4 Å². The fourth-order valence-electron chi connectivity index (χ4n) is 3.18. The minimum absolute atomic E-state index is 0.284. The first-order valence-corrected chi connectivity index (χ1v) is 8.51. The number of carbonyl (C=O) groups excluding carboxylic acids is 2. The van der Waals surface area contributed by atoms with Gasteiger partial charge in [-0.05, 0) is 30.7 Å². The number of benzene rings is 1. The Morgan fingerprint density at radius 3 is 2.15 bits per heavy atom. The largest absolute Gasteiger partial charge is 0.458 e. The summed E-state index contributed by atoms with van der Waals surface area (Å²) in [6.45, 7) is 1.48. The van der Waals surface area contributed by atoms with Crippen LogP contribution in [0.1, 0.15) is 44.6 Å². The van der Waals surface area contributed by atoms with Crippen LogP contribution in [-0.4, -0.2) is 35.6 Å². The number of carbonyl (C=O) groups is 2. The number of hydrogen-bond donors (Lipinski definition) is 0. The van der Waals surface area contributed by atoms with Crippen LogP contribution in [0.4, 0.5) is 0 Å². The summed E-state index contributed by atoms with van der Waals surface area (Å²) < 4.78 is 9.91. The van der Waals surface area contributed by atoms with E-state index in [9.17, 15) is 19.7 Å². The van der Waals surface area contributed by atoms with Crippen molar-refractivity contribution < 1.29 is 24.0 Å². The molecule has 0 amide bonds.